The van der Waals surface area contributed by atoms with Gasteiger partial charge in [-0.2, -0.15) is 5.10 Å². The topological polar surface area (TPSA) is 66.1 Å². The molecule has 1 aromatic carbocycles. The minimum atomic E-state index is -0.0884. The Bertz CT molecular complexity index is 827. The minimum absolute atomic E-state index is 0.0742. The maximum Gasteiger partial charge on any atom is 0.227 e. The summed E-state index contributed by atoms with van der Waals surface area (Å²) in [6.07, 6.45) is 6.52. The van der Waals surface area contributed by atoms with Crippen LogP contribution in [-0.2, 0) is 10.2 Å². The molecule has 1 aliphatic rings. The molecular weight excluding hydrogens is 314 g/mol. The van der Waals surface area contributed by atoms with Crippen molar-refractivity contribution in [2.45, 2.75) is 39.0 Å². The number of carbonyl (C=O) groups is 2. The zero-order chi connectivity index (χ0) is 18.0. The lowest BCUT2D eigenvalue weighted by atomic mass is 9.89. The Morgan fingerprint density at radius 3 is 2.80 bits per heavy atom. The summed E-state index contributed by atoms with van der Waals surface area (Å²) in [7, 11) is 0. The molecule has 1 aromatic heterocycles. The zero-order valence-electron chi connectivity index (χ0n) is 14.9. The van der Waals surface area contributed by atoms with Crippen LogP contribution < -0.4 is 4.90 Å². The van der Waals surface area contributed by atoms with Crippen molar-refractivity contribution in [1.29, 1.82) is 0 Å². The predicted molar refractivity (Wildman–Crippen MR) is 98.7 cm³/mol. The molecule has 130 valence electrons. The minimum Gasteiger partial charge on any atom is -0.312 e. The lowest BCUT2D eigenvalue weighted by Gasteiger charge is -2.17. The van der Waals surface area contributed by atoms with E-state index in [2.05, 4.69) is 31.0 Å². The average molecular weight is 337 g/mol. The van der Waals surface area contributed by atoms with E-state index in [4.69, 9.17) is 0 Å². The third-order valence-electron chi connectivity index (χ3n) is 4.35. The highest BCUT2D eigenvalue weighted by molar-refractivity contribution is 6.08. The fourth-order valence-electron chi connectivity index (χ4n) is 3.03. The summed E-state index contributed by atoms with van der Waals surface area (Å²) in [6, 6.07) is 7.25. The first-order valence-electron chi connectivity index (χ1n) is 8.53. The van der Waals surface area contributed by atoms with Crippen molar-refractivity contribution in [2.24, 2.45) is 0 Å². The summed E-state index contributed by atoms with van der Waals surface area (Å²) >= 11 is 0. The molecule has 1 N–H and O–H groups in total. The van der Waals surface area contributed by atoms with Gasteiger partial charge in [0.05, 0.1) is 6.20 Å². The molecule has 3 rings (SSSR count). The van der Waals surface area contributed by atoms with E-state index in [9.17, 15) is 9.59 Å². The number of nitrogens with one attached hydrogen (secondary N) is 1. The van der Waals surface area contributed by atoms with Gasteiger partial charge in [-0.1, -0.05) is 32.9 Å². The van der Waals surface area contributed by atoms with Gasteiger partial charge in [-0.25, -0.2) is 0 Å². The monoisotopic (exact) mass is 337 g/mol. The fraction of sp³-hybridized carbons (Fsp3) is 0.350. The number of carbonyl (C=O) groups excluding carboxylic acids is 2. The molecule has 0 bridgehead atoms. The summed E-state index contributed by atoms with van der Waals surface area (Å²) in [5.41, 5.74) is 3.20. The number of H-pyrrole nitrogens is 1. The molecule has 25 heavy (non-hydrogen) atoms. The van der Waals surface area contributed by atoms with Gasteiger partial charge in [0.25, 0.3) is 0 Å². The molecule has 1 saturated heterocycles. The van der Waals surface area contributed by atoms with Crippen LogP contribution in [-0.4, -0.2) is 28.4 Å². The van der Waals surface area contributed by atoms with E-state index in [-0.39, 0.29) is 17.1 Å². The molecule has 1 amide bonds. The molecule has 5 heteroatoms. The standard InChI is InChI=1S/C20H23N3O2/c1-20(2,3)19-15(13-21-22-19)9-10-17(24)14-6-4-7-16(12-14)23-11-5-8-18(23)25/h4,6-7,9-10,12-13H,5,8,11H2,1-3H3,(H,21,22). The van der Waals surface area contributed by atoms with Gasteiger partial charge in [0.1, 0.15) is 0 Å². The van der Waals surface area contributed by atoms with Crippen LogP contribution in [0.2, 0.25) is 0 Å². The molecule has 0 aliphatic carbocycles. The molecule has 0 saturated carbocycles. The Kier molecular flexibility index (Phi) is 4.57. The number of aromatic amines is 1. The van der Waals surface area contributed by atoms with Crippen molar-refractivity contribution in [3.63, 3.8) is 0 Å². The van der Waals surface area contributed by atoms with Gasteiger partial charge >= 0.3 is 0 Å². The highest BCUT2D eigenvalue weighted by Gasteiger charge is 2.22. The highest BCUT2D eigenvalue weighted by atomic mass is 16.2. The Hall–Kier alpha value is -2.69. The third kappa shape index (κ3) is 3.71. The van der Waals surface area contributed by atoms with Crippen LogP contribution in [0.25, 0.3) is 6.08 Å². The molecular formula is C20H23N3O2. The van der Waals surface area contributed by atoms with Crippen molar-refractivity contribution < 1.29 is 9.59 Å². The Morgan fingerprint density at radius 2 is 2.12 bits per heavy atom. The summed E-state index contributed by atoms with van der Waals surface area (Å²) < 4.78 is 0. The van der Waals surface area contributed by atoms with Crippen LogP contribution in [0.15, 0.2) is 36.5 Å². The summed E-state index contributed by atoms with van der Waals surface area (Å²) in [5, 5.41) is 7.09. The Balaban J connectivity index is 1.80. The predicted octanol–water partition coefficient (Wildman–Crippen LogP) is 3.73. The highest BCUT2D eigenvalue weighted by Crippen LogP contribution is 2.25. The lowest BCUT2D eigenvalue weighted by Crippen LogP contribution is -2.23. The van der Waals surface area contributed by atoms with E-state index in [1.807, 2.05) is 12.1 Å². The maximum absolute atomic E-state index is 12.5. The van der Waals surface area contributed by atoms with E-state index in [1.165, 1.54) is 0 Å². The van der Waals surface area contributed by atoms with Crippen molar-refractivity contribution in [3.05, 3.63) is 53.4 Å². The molecule has 0 spiro atoms. The number of ketones is 1. The first-order chi connectivity index (χ1) is 11.9. The van der Waals surface area contributed by atoms with Crippen LogP contribution in [0, 0.1) is 0 Å². The number of aromatic nitrogens is 2. The smallest absolute Gasteiger partial charge is 0.227 e. The first kappa shape index (κ1) is 17.1. The van der Waals surface area contributed by atoms with Crippen molar-refractivity contribution in [3.8, 4) is 0 Å². The SMILES string of the molecule is CC(C)(C)c1[nH]ncc1C=CC(=O)c1cccc(N2CCCC2=O)c1. The number of allylic oxidation sites excluding steroid dienone is 1. The van der Waals surface area contributed by atoms with Gasteiger partial charge in [-0.15, -0.1) is 0 Å². The number of hydrogen-bond acceptors (Lipinski definition) is 3. The van der Waals surface area contributed by atoms with E-state index in [1.54, 1.807) is 35.4 Å². The van der Waals surface area contributed by atoms with Crippen molar-refractivity contribution in [2.75, 3.05) is 11.4 Å². The third-order valence-corrected chi connectivity index (χ3v) is 4.35. The molecule has 0 radical (unpaired) electrons. The molecule has 1 aliphatic heterocycles. The molecule has 0 unspecified atom stereocenters. The number of nitrogens with zero attached hydrogens (tertiary/aromatic N) is 2. The number of amides is 1. The van der Waals surface area contributed by atoms with Gasteiger partial charge < -0.3 is 4.90 Å². The summed E-state index contributed by atoms with van der Waals surface area (Å²) in [5.74, 6) is 0.0305. The quantitative estimate of drug-likeness (QED) is 0.683. The van der Waals surface area contributed by atoms with Gasteiger partial charge in [-0.05, 0) is 30.7 Å². The maximum atomic E-state index is 12.5. The fourth-order valence-corrected chi connectivity index (χ4v) is 3.03. The largest absolute Gasteiger partial charge is 0.312 e. The average Bonchev–Trinajstić information content (AvgIpc) is 3.21. The van der Waals surface area contributed by atoms with Crippen LogP contribution in [0.4, 0.5) is 5.69 Å². The van der Waals surface area contributed by atoms with Gasteiger partial charge in [0.2, 0.25) is 5.91 Å². The number of benzene rings is 1. The van der Waals surface area contributed by atoms with Crippen LogP contribution in [0.5, 0.6) is 0 Å². The molecule has 2 aromatic rings. The Labute approximate surface area is 147 Å². The normalized spacial score (nSPS) is 15.3. The molecule has 5 nitrogen and oxygen atoms in total. The Morgan fingerprint density at radius 1 is 1.32 bits per heavy atom. The second kappa shape index (κ2) is 6.67. The van der Waals surface area contributed by atoms with E-state index < -0.39 is 0 Å². The lowest BCUT2D eigenvalue weighted by molar-refractivity contribution is -0.117. The summed E-state index contributed by atoms with van der Waals surface area (Å²) in [6.45, 7) is 7.00. The summed E-state index contributed by atoms with van der Waals surface area (Å²) in [4.78, 5) is 26.2. The van der Waals surface area contributed by atoms with E-state index in [0.29, 0.717) is 12.0 Å². The van der Waals surface area contributed by atoms with Crippen LogP contribution in [0.1, 0.15) is 55.2 Å². The van der Waals surface area contributed by atoms with E-state index >= 15 is 0 Å². The second-order valence-corrected chi connectivity index (χ2v) is 7.35. The molecule has 2 heterocycles. The van der Waals surface area contributed by atoms with E-state index in [0.717, 1.165) is 29.9 Å². The molecule has 0 atom stereocenters. The van der Waals surface area contributed by atoms with Crippen LogP contribution >= 0.6 is 0 Å². The van der Waals surface area contributed by atoms with Crippen molar-refractivity contribution >= 4 is 23.5 Å². The number of hydrogen-bond donors (Lipinski definition) is 1. The van der Waals surface area contributed by atoms with Gasteiger partial charge in [0.15, 0.2) is 5.78 Å². The van der Waals surface area contributed by atoms with Gasteiger partial charge in [0, 0.05) is 40.9 Å². The van der Waals surface area contributed by atoms with Crippen molar-refractivity contribution in [1.82, 2.24) is 10.2 Å². The number of anilines is 1. The van der Waals surface area contributed by atoms with Crippen LogP contribution in [0.3, 0.4) is 0 Å². The first-order valence-corrected chi connectivity index (χ1v) is 8.53. The number of rotatable bonds is 4. The second-order valence-electron chi connectivity index (χ2n) is 7.35. The zero-order valence-corrected chi connectivity index (χ0v) is 14.9. The molecule has 1 fully saturated rings. The van der Waals surface area contributed by atoms with Gasteiger partial charge in [-0.3, -0.25) is 14.7 Å².